The second kappa shape index (κ2) is 5.56. The van der Waals surface area contributed by atoms with Gasteiger partial charge in [0.15, 0.2) is 11.5 Å². The van der Waals surface area contributed by atoms with Gasteiger partial charge in [-0.25, -0.2) is 0 Å². The Labute approximate surface area is 124 Å². The lowest BCUT2D eigenvalue weighted by Gasteiger charge is -2.38. The van der Waals surface area contributed by atoms with Gasteiger partial charge in [-0.05, 0) is 49.8 Å². The molecule has 0 aromatic heterocycles. The number of benzene rings is 1. The van der Waals surface area contributed by atoms with Crippen molar-refractivity contribution in [3.8, 4) is 11.5 Å². The second-order valence-corrected chi connectivity index (χ2v) is 6.14. The number of nitrogens with one attached hydrogen (secondary N) is 1. The van der Waals surface area contributed by atoms with E-state index in [-0.39, 0.29) is 19.3 Å². The Bertz CT molecular complexity index is 535. The van der Waals surface area contributed by atoms with Gasteiger partial charge in [0.2, 0.25) is 6.79 Å². The zero-order valence-electron chi connectivity index (χ0n) is 12.2. The fraction of sp³-hybridized carbons (Fsp3) is 0.562. The highest BCUT2D eigenvalue weighted by molar-refractivity contribution is 5.95. The number of carbonyl (C=O) groups excluding carboxylic acids is 1. The highest BCUT2D eigenvalue weighted by atomic mass is 16.7. The van der Waals surface area contributed by atoms with Crippen molar-refractivity contribution in [3.63, 3.8) is 0 Å². The summed E-state index contributed by atoms with van der Waals surface area (Å²) in [4.78, 5) is 12.4. The Morgan fingerprint density at radius 3 is 2.76 bits per heavy atom. The van der Waals surface area contributed by atoms with E-state index in [4.69, 9.17) is 9.47 Å². The van der Waals surface area contributed by atoms with E-state index < -0.39 is 5.54 Å². The standard InChI is InChI=1S/C16H21NO4/c1-11-4-6-16(9-18,7-5-11)17-15(19)12-2-3-13-14(8-12)21-10-20-13/h2-3,8,11,18H,4-7,9-10H2,1H3,(H,17,19). The molecule has 0 radical (unpaired) electrons. The Morgan fingerprint density at radius 2 is 2.05 bits per heavy atom. The fourth-order valence-corrected chi connectivity index (χ4v) is 2.99. The zero-order valence-corrected chi connectivity index (χ0v) is 12.2. The Kier molecular flexibility index (Phi) is 3.76. The first kappa shape index (κ1) is 14.2. The van der Waals surface area contributed by atoms with E-state index >= 15 is 0 Å². The van der Waals surface area contributed by atoms with Crippen LogP contribution in [0.5, 0.6) is 11.5 Å². The zero-order chi connectivity index (χ0) is 14.9. The molecule has 114 valence electrons. The van der Waals surface area contributed by atoms with Gasteiger partial charge in [-0.1, -0.05) is 6.92 Å². The van der Waals surface area contributed by atoms with E-state index in [9.17, 15) is 9.90 Å². The molecule has 1 aromatic rings. The van der Waals surface area contributed by atoms with E-state index in [1.807, 2.05) is 0 Å². The quantitative estimate of drug-likeness (QED) is 0.895. The third-order valence-corrected chi connectivity index (χ3v) is 4.55. The summed E-state index contributed by atoms with van der Waals surface area (Å²) in [5, 5.41) is 12.7. The van der Waals surface area contributed by atoms with E-state index in [0.717, 1.165) is 25.7 Å². The maximum absolute atomic E-state index is 12.4. The summed E-state index contributed by atoms with van der Waals surface area (Å²) in [7, 11) is 0. The Morgan fingerprint density at radius 1 is 1.33 bits per heavy atom. The average Bonchev–Trinajstić information content (AvgIpc) is 2.97. The largest absolute Gasteiger partial charge is 0.454 e. The Balaban J connectivity index is 1.73. The van der Waals surface area contributed by atoms with Crippen LogP contribution in [-0.2, 0) is 0 Å². The molecule has 1 heterocycles. The molecule has 0 spiro atoms. The van der Waals surface area contributed by atoms with Crippen LogP contribution in [0.3, 0.4) is 0 Å². The fourth-order valence-electron chi connectivity index (χ4n) is 2.99. The molecule has 0 saturated heterocycles. The molecule has 0 unspecified atom stereocenters. The Hall–Kier alpha value is -1.75. The summed E-state index contributed by atoms with van der Waals surface area (Å²) in [6.07, 6.45) is 3.70. The smallest absolute Gasteiger partial charge is 0.251 e. The van der Waals surface area contributed by atoms with Gasteiger partial charge in [-0.3, -0.25) is 4.79 Å². The molecule has 1 amide bonds. The van der Waals surface area contributed by atoms with E-state index in [1.54, 1.807) is 18.2 Å². The summed E-state index contributed by atoms with van der Waals surface area (Å²) in [5.41, 5.74) is 0.0469. The van der Waals surface area contributed by atoms with Crippen LogP contribution in [-0.4, -0.2) is 30.0 Å². The summed E-state index contributed by atoms with van der Waals surface area (Å²) >= 11 is 0. The van der Waals surface area contributed by atoms with Gasteiger partial charge in [0.1, 0.15) is 0 Å². The third-order valence-electron chi connectivity index (χ3n) is 4.55. The number of carbonyl (C=O) groups is 1. The van der Waals surface area contributed by atoms with Crippen LogP contribution in [0.2, 0.25) is 0 Å². The van der Waals surface area contributed by atoms with E-state index in [0.29, 0.717) is 23.0 Å². The number of fused-ring (bicyclic) bond motifs is 1. The minimum Gasteiger partial charge on any atom is -0.454 e. The molecule has 2 N–H and O–H groups in total. The summed E-state index contributed by atoms with van der Waals surface area (Å²) < 4.78 is 10.5. The maximum Gasteiger partial charge on any atom is 0.251 e. The van der Waals surface area contributed by atoms with Gasteiger partial charge in [-0.2, -0.15) is 0 Å². The first-order valence-corrected chi connectivity index (χ1v) is 7.45. The van der Waals surface area contributed by atoms with Gasteiger partial charge in [-0.15, -0.1) is 0 Å². The predicted molar refractivity (Wildman–Crippen MR) is 77.5 cm³/mol. The van der Waals surface area contributed by atoms with Gasteiger partial charge < -0.3 is 19.9 Å². The number of ether oxygens (including phenoxy) is 2. The van der Waals surface area contributed by atoms with Crippen LogP contribution < -0.4 is 14.8 Å². The lowest BCUT2D eigenvalue weighted by atomic mass is 9.77. The van der Waals surface area contributed by atoms with Crippen LogP contribution in [0, 0.1) is 5.92 Å². The van der Waals surface area contributed by atoms with Gasteiger partial charge >= 0.3 is 0 Å². The summed E-state index contributed by atoms with van der Waals surface area (Å²) in [6, 6.07) is 5.15. The molecule has 5 nitrogen and oxygen atoms in total. The van der Waals surface area contributed by atoms with Crippen LogP contribution in [0.1, 0.15) is 43.0 Å². The highest BCUT2D eigenvalue weighted by Gasteiger charge is 2.35. The molecular weight excluding hydrogens is 270 g/mol. The van der Waals surface area contributed by atoms with Crippen LogP contribution >= 0.6 is 0 Å². The molecule has 1 fully saturated rings. The van der Waals surface area contributed by atoms with Crippen LogP contribution in [0.15, 0.2) is 18.2 Å². The molecule has 1 saturated carbocycles. The van der Waals surface area contributed by atoms with Crippen LogP contribution in [0.25, 0.3) is 0 Å². The van der Waals surface area contributed by atoms with Gasteiger partial charge in [0, 0.05) is 5.56 Å². The number of aliphatic hydroxyl groups excluding tert-OH is 1. The van der Waals surface area contributed by atoms with Gasteiger partial charge in [0.25, 0.3) is 5.91 Å². The molecule has 5 heteroatoms. The molecule has 1 aliphatic heterocycles. The number of amides is 1. The predicted octanol–water partition coefficient (Wildman–Crippen LogP) is 2.09. The highest BCUT2D eigenvalue weighted by Crippen LogP contribution is 2.34. The van der Waals surface area contributed by atoms with Crippen molar-refractivity contribution >= 4 is 5.91 Å². The number of aliphatic hydroxyl groups is 1. The van der Waals surface area contributed by atoms with Gasteiger partial charge in [0.05, 0.1) is 12.1 Å². The van der Waals surface area contributed by atoms with Crippen molar-refractivity contribution in [1.29, 1.82) is 0 Å². The summed E-state index contributed by atoms with van der Waals surface area (Å²) in [6.45, 7) is 2.38. The molecule has 0 atom stereocenters. The molecular formula is C16H21NO4. The molecule has 3 rings (SSSR count). The van der Waals surface area contributed by atoms with Crippen molar-refractivity contribution in [2.45, 2.75) is 38.1 Å². The molecule has 1 aliphatic carbocycles. The van der Waals surface area contributed by atoms with Crippen molar-refractivity contribution in [1.82, 2.24) is 5.32 Å². The van der Waals surface area contributed by atoms with E-state index in [1.165, 1.54) is 0 Å². The number of rotatable bonds is 3. The van der Waals surface area contributed by atoms with Crippen LogP contribution in [0.4, 0.5) is 0 Å². The molecule has 2 aliphatic rings. The first-order valence-electron chi connectivity index (χ1n) is 7.45. The normalized spacial score (nSPS) is 27.4. The lowest BCUT2D eigenvalue weighted by Crippen LogP contribution is -2.53. The molecule has 0 bridgehead atoms. The topological polar surface area (TPSA) is 67.8 Å². The van der Waals surface area contributed by atoms with Crippen molar-refractivity contribution in [3.05, 3.63) is 23.8 Å². The van der Waals surface area contributed by atoms with Crippen molar-refractivity contribution < 1.29 is 19.4 Å². The number of hydrogen-bond acceptors (Lipinski definition) is 4. The van der Waals surface area contributed by atoms with Crippen molar-refractivity contribution in [2.75, 3.05) is 13.4 Å². The second-order valence-electron chi connectivity index (χ2n) is 6.14. The number of hydrogen-bond donors (Lipinski definition) is 2. The summed E-state index contributed by atoms with van der Waals surface area (Å²) in [5.74, 6) is 1.75. The average molecular weight is 291 g/mol. The first-order chi connectivity index (χ1) is 10.1. The monoisotopic (exact) mass is 291 g/mol. The SMILES string of the molecule is CC1CCC(CO)(NC(=O)c2ccc3c(c2)OCO3)CC1. The minimum atomic E-state index is -0.486. The minimum absolute atomic E-state index is 0.0178. The third kappa shape index (κ3) is 2.83. The molecule has 21 heavy (non-hydrogen) atoms. The van der Waals surface area contributed by atoms with Crippen molar-refractivity contribution in [2.24, 2.45) is 5.92 Å². The van der Waals surface area contributed by atoms with E-state index in [2.05, 4.69) is 12.2 Å². The molecule has 1 aromatic carbocycles. The maximum atomic E-state index is 12.4. The lowest BCUT2D eigenvalue weighted by molar-refractivity contribution is 0.0717.